The molecular formula is C17H14F3N3O3S. The Balaban J connectivity index is 1.68. The topological polar surface area (TPSA) is 70.3 Å². The summed E-state index contributed by atoms with van der Waals surface area (Å²) in [5.41, 5.74) is -0.110. The van der Waals surface area contributed by atoms with Gasteiger partial charge in [0.1, 0.15) is 0 Å². The van der Waals surface area contributed by atoms with E-state index in [4.69, 9.17) is 14.0 Å². The Morgan fingerprint density at radius 3 is 2.48 bits per heavy atom. The fourth-order valence-electron chi connectivity index (χ4n) is 2.18. The molecule has 0 saturated heterocycles. The molecule has 10 heteroatoms. The maximum atomic E-state index is 12.5. The van der Waals surface area contributed by atoms with Crippen molar-refractivity contribution in [1.82, 2.24) is 15.1 Å². The molecule has 0 saturated carbocycles. The first-order valence-electron chi connectivity index (χ1n) is 7.61. The fourth-order valence-corrected chi connectivity index (χ4v) is 2.86. The van der Waals surface area contributed by atoms with E-state index >= 15 is 0 Å². The zero-order valence-electron chi connectivity index (χ0n) is 14.3. The molecular weight excluding hydrogens is 383 g/mol. The predicted octanol–water partition coefficient (Wildman–Crippen LogP) is 4.46. The molecule has 0 N–H and O–H groups in total. The highest BCUT2D eigenvalue weighted by Crippen LogP contribution is 2.32. The van der Waals surface area contributed by atoms with Crippen molar-refractivity contribution in [2.24, 2.45) is 0 Å². The number of pyridine rings is 1. The van der Waals surface area contributed by atoms with Crippen LogP contribution in [-0.4, -0.2) is 29.3 Å². The number of benzene rings is 1. The summed E-state index contributed by atoms with van der Waals surface area (Å²) in [6.07, 6.45) is -3.61. The first-order chi connectivity index (χ1) is 12.9. The number of hydrogen-bond acceptors (Lipinski definition) is 7. The number of alkyl halides is 3. The third kappa shape index (κ3) is 4.51. The molecule has 0 bridgehead atoms. The number of ether oxygens (including phenoxy) is 2. The summed E-state index contributed by atoms with van der Waals surface area (Å²) in [6.45, 7) is 0. The molecule has 0 aliphatic heterocycles. The molecule has 0 atom stereocenters. The van der Waals surface area contributed by atoms with Crippen LogP contribution in [0, 0.1) is 0 Å². The highest BCUT2D eigenvalue weighted by molar-refractivity contribution is 7.98. The highest BCUT2D eigenvalue weighted by Gasteiger charge is 2.30. The average molecular weight is 397 g/mol. The predicted molar refractivity (Wildman–Crippen MR) is 91.6 cm³/mol. The zero-order chi connectivity index (χ0) is 19.4. The minimum absolute atomic E-state index is 0.276. The van der Waals surface area contributed by atoms with E-state index in [1.807, 2.05) is 0 Å². The van der Waals surface area contributed by atoms with Gasteiger partial charge in [-0.05, 0) is 30.3 Å². The molecule has 0 radical (unpaired) electrons. The van der Waals surface area contributed by atoms with Crippen LogP contribution in [0.2, 0.25) is 0 Å². The van der Waals surface area contributed by atoms with E-state index in [1.165, 1.54) is 32.0 Å². The Labute approximate surface area is 156 Å². The standard InChI is InChI=1S/C17H14F3N3O3S/c1-24-12-5-3-10(7-13(12)25-2)16-22-14(26-23-16)9-27-15-6-4-11(8-21-15)17(18,19)20/h3-8H,9H2,1-2H3. The van der Waals surface area contributed by atoms with Crippen LogP contribution in [0.4, 0.5) is 13.2 Å². The average Bonchev–Trinajstić information content (AvgIpc) is 3.14. The van der Waals surface area contributed by atoms with Gasteiger partial charge >= 0.3 is 6.18 Å². The molecule has 0 unspecified atom stereocenters. The smallest absolute Gasteiger partial charge is 0.417 e. The molecule has 3 rings (SSSR count). The van der Waals surface area contributed by atoms with Crippen LogP contribution >= 0.6 is 11.8 Å². The second kappa shape index (κ2) is 7.87. The summed E-state index contributed by atoms with van der Waals surface area (Å²) in [4.78, 5) is 8.07. The molecule has 2 aromatic heterocycles. The van der Waals surface area contributed by atoms with Gasteiger partial charge in [0.05, 0.1) is 30.6 Å². The number of nitrogens with zero attached hydrogens (tertiary/aromatic N) is 3. The SMILES string of the molecule is COc1ccc(-c2noc(CSc3ccc(C(F)(F)F)cn3)n2)cc1OC. The van der Waals surface area contributed by atoms with Gasteiger partial charge in [0.2, 0.25) is 11.7 Å². The van der Waals surface area contributed by atoms with Crippen molar-refractivity contribution in [3.8, 4) is 22.9 Å². The Kier molecular flexibility index (Phi) is 5.54. The highest BCUT2D eigenvalue weighted by atomic mass is 32.2. The quantitative estimate of drug-likeness (QED) is 0.569. The van der Waals surface area contributed by atoms with Gasteiger partial charge in [-0.1, -0.05) is 16.9 Å². The summed E-state index contributed by atoms with van der Waals surface area (Å²) >= 11 is 1.20. The minimum Gasteiger partial charge on any atom is -0.493 e. The molecule has 0 amide bonds. The summed E-state index contributed by atoms with van der Waals surface area (Å²) in [7, 11) is 3.06. The molecule has 27 heavy (non-hydrogen) atoms. The molecule has 0 spiro atoms. The van der Waals surface area contributed by atoms with Gasteiger partial charge in [0.15, 0.2) is 11.5 Å². The van der Waals surface area contributed by atoms with Crippen molar-refractivity contribution < 1.29 is 27.2 Å². The van der Waals surface area contributed by atoms with E-state index in [1.54, 1.807) is 18.2 Å². The number of aromatic nitrogens is 3. The van der Waals surface area contributed by atoms with Gasteiger partial charge in [-0.2, -0.15) is 18.2 Å². The van der Waals surface area contributed by atoms with Crippen LogP contribution in [0.15, 0.2) is 46.1 Å². The van der Waals surface area contributed by atoms with Crippen LogP contribution in [-0.2, 0) is 11.9 Å². The van der Waals surface area contributed by atoms with Gasteiger partial charge in [-0.25, -0.2) is 4.98 Å². The van der Waals surface area contributed by atoms with Crippen molar-refractivity contribution in [1.29, 1.82) is 0 Å². The molecule has 0 fully saturated rings. The molecule has 3 aromatic rings. The largest absolute Gasteiger partial charge is 0.493 e. The van der Waals surface area contributed by atoms with E-state index in [-0.39, 0.29) is 5.75 Å². The van der Waals surface area contributed by atoms with Crippen LogP contribution in [0.25, 0.3) is 11.4 Å². The van der Waals surface area contributed by atoms with Crippen LogP contribution in [0.5, 0.6) is 11.5 Å². The lowest BCUT2D eigenvalue weighted by atomic mass is 10.2. The molecule has 0 aliphatic rings. The van der Waals surface area contributed by atoms with Gasteiger partial charge in [-0.15, -0.1) is 0 Å². The second-order valence-electron chi connectivity index (χ2n) is 5.25. The van der Waals surface area contributed by atoms with Crippen molar-refractivity contribution in [2.75, 3.05) is 14.2 Å². The lowest BCUT2D eigenvalue weighted by molar-refractivity contribution is -0.137. The molecule has 1 aromatic carbocycles. The monoisotopic (exact) mass is 397 g/mol. The molecule has 2 heterocycles. The van der Waals surface area contributed by atoms with Crippen LogP contribution < -0.4 is 9.47 Å². The number of thioether (sulfide) groups is 1. The lowest BCUT2D eigenvalue weighted by Gasteiger charge is -2.07. The van der Waals surface area contributed by atoms with E-state index in [0.717, 1.165) is 12.3 Å². The Bertz CT molecular complexity index is 914. The third-order valence-electron chi connectivity index (χ3n) is 3.52. The van der Waals surface area contributed by atoms with Crippen molar-refractivity contribution >= 4 is 11.8 Å². The summed E-state index contributed by atoms with van der Waals surface area (Å²) < 4.78 is 53.2. The van der Waals surface area contributed by atoms with E-state index in [0.29, 0.717) is 33.8 Å². The van der Waals surface area contributed by atoms with E-state index < -0.39 is 11.7 Å². The van der Waals surface area contributed by atoms with E-state index in [9.17, 15) is 13.2 Å². The molecule has 142 valence electrons. The van der Waals surface area contributed by atoms with Crippen LogP contribution in [0.3, 0.4) is 0 Å². The number of halogens is 3. The summed E-state index contributed by atoms with van der Waals surface area (Å²) in [5, 5.41) is 4.34. The Hall–Kier alpha value is -2.75. The first kappa shape index (κ1) is 19.0. The normalized spacial score (nSPS) is 11.4. The van der Waals surface area contributed by atoms with Gasteiger partial charge in [0, 0.05) is 11.8 Å². The van der Waals surface area contributed by atoms with Gasteiger partial charge in [0.25, 0.3) is 0 Å². The lowest BCUT2D eigenvalue weighted by Crippen LogP contribution is -2.05. The van der Waals surface area contributed by atoms with Crippen molar-refractivity contribution in [3.63, 3.8) is 0 Å². The maximum absolute atomic E-state index is 12.5. The zero-order valence-corrected chi connectivity index (χ0v) is 15.1. The maximum Gasteiger partial charge on any atom is 0.417 e. The Morgan fingerprint density at radius 1 is 1.07 bits per heavy atom. The second-order valence-corrected chi connectivity index (χ2v) is 6.25. The number of hydrogen-bond donors (Lipinski definition) is 0. The summed E-state index contributed by atoms with van der Waals surface area (Å²) in [5.74, 6) is 2.08. The van der Waals surface area contributed by atoms with Gasteiger partial charge in [-0.3, -0.25) is 0 Å². The van der Waals surface area contributed by atoms with Gasteiger partial charge < -0.3 is 14.0 Å². The van der Waals surface area contributed by atoms with Crippen LogP contribution in [0.1, 0.15) is 11.5 Å². The Morgan fingerprint density at radius 2 is 1.85 bits per heavy atom. The molecule has 0 aliphatic carbocycles. The third-order valence-corrected chi connectivity index (χ3v) is 4.45. The van der Waals surface area contributed by atoms with Crippen molar-refractivity contribution in [2.45, 2.75) is 17.0 Å². The van der Waals surface area contributed by atoms with Crippen molar-refractivity contribution in [3.05, 3.63) is 48.0 Å². The molecule has 6 nitrogen and oxygen atoms in total. The summed E-state index contributed by atoms with van der Waals surface area (Å²) in [6, 6.07) is 7.50. The number of methoxy groups -OCH3 is 2. The first-order valence-corrected chi connectivity index (χ1v) is 8.60. The number of rotatable bonds is 6. The van der Waals surface area contributed by atoms with E-state index in [2.05, 4.69) is 15.1 Å². The fraction of sp³-hybridized carbons (Fsp3) is 0.235. The minimum atomic E-state index is -4.41.